The van der Waals surface area contributed by atoms with Crippen LogP contribution in [-0.2, 0) is 0 Å². The van der Waals surface area contributed by atoms with E-state index in [1.165, 1.54) is 0 Å². The van der Waals surface area contributed by atoms with Gasteiger partial charge in [-0.15, -0.1) is 25.3 Å². The molecule has 0 aliphatic heterocycles. The van der Waals surface area contributed by atoms with Crippen LogP contribution in [0, 0.1) is 23.3 Å². The predicted molar refractivity (Wildman–Crippen MR) is 74.4 cm³/mol. The first-order chi connectivity index (χ1) is 9.79. The summed E-state index contributed by atoms with van der Waals surface area (Å²) in [5.41, 5.74) is -1.93. The third-order valence-electron chi connectivity index (χ3n) is 2.77. The van der Waals surface area contributed by atoms with E-state index in [2.05, 4.69) is 25.3 Å². The maximum Gasteiger partial charge on any atom is 0.151 e. The Balaban J connectivity index is 2.89. The molecule has 0 fully saturated rings. The van der Waals surface area contributed by atoms with E-state index in [1.807, 2.05) is 0 Å². The van der Waals surface area contributed by atoms with Crippen LogP contribution in [0.2, 0.25) is 0 Å². The van der Waals surface area contributed by atoms with Crippen molar-refractivity contribution in [2.24, 2.45) is 0 Å². The van der Waals surface area contributed by atoms with Crippen molar-refractivity contribution in [2.45, 2.75) is 9.79 Å². The molecule has 0 saturated heterocycles. The second-order valence-corrected chi connectivity index (χ2v) is 4.91. The van der Waals surface area contributed by atoms with Gasteiger partial charge in [-0.1, -0.05) is 0 Å². The van der Waals surface area contributed by atoms with Gasteiger partial charge in [-0.3, -0.25) is 0 Å². The van der Waals surface area contributed by atoms with Crippen LogP contribution in [0.15, 0.2) is 21.9 Å². The molecule has 8 heteroatoms. The monoisotopic (exact) mass is 336 g/mol. The molecule has 0 atom stereocenters. The molecular weight excluding hydrogens is 328 g/mol. The minimum Gasteiger partial charge on any atom is -0.508 e. The number of hydrogen-bond acceptors (Lipinski definition) is 4. The van der Waals surface area contributed by atoms with E-state index in [4.69, 9.17) is 9.84 Å². The Bertz CT molecular complexity index is 683. The Morgan fingerprint density at radius 2 is 1.33 bits per heavy atom. The van der Waals surface area contributed by atoms with E-state index in [9.17, 15) is 17.6 Å². The largest absolute Gasteiger partial charge is 0.508 e. The summed E-state index contributed by atoms with van der Waals surface area (Å²) in [6.45, 7) is 0. The summed E-state index contributed by atoms with van der Waals surface area (Å²) in [6, 6.07) is 1.08. The molecule has 2 aromatic rings. The Morgan fingerprint density at radius 1 is 0.905 bits per heavy atom. The lowest BCUT2D eigenvalue weighted by Gasteiger charge is -2.15. The van der Waals surface area contributed by atoms with Crippen LogP contribution in [0.25, 0.3) is 11.1 Å². The average Bonchev–Trinajstić information content (AvgIpc) is 2.40. The van der Waals surface area contributed by atoms with Gasteiger partial charge in [0, 0.05) is 12.1 Å². The quantitative estimate of drug-likeness (QED) is 0.567. The van der Waals surface area contributed by atoms with Gasteiger partial charge in [0.1, 0.15) is 17.4 Å². The van der Waals surface area contributed by atoms with Crippen molar-refractivity contribution in [1.29, 1.82) is 0 Å². The zero-order valence-electron chi connectivity index (χ0n) is 10.4. The maximum atomic E-state index is 14.2. The lowest BCUT2D eigenvalue weighted by atomic mass is 10.0. The minimum atomic E-state index is -1.32. The molecule has 0 amide bonds. The molecule has 0 aliphatic carbocycles. The van der Waals surface area contributed by atoms with Gasteiger partial charge in [0.2, 0.25) is 0 Å². The standard InChI is InChI=1S/C13H8F4O2S2/c1-19-11-12(20)9(16)8(10(17)13(11)21)7-5(14)2-4(18)3-6(7)15/h2-3,18,20-21H,1H3. The number of methoxy groups -OCH3 is 1. The molecule has 0 radical (unpaired) electrons. The normalized spacial score (nSPS) is 10.8. The van der Waals surface area contributed by atoms with Crippen LogP contribution in [0.3, 0.4) is 0 Å². The fourth-order valence-corrected chi connectivity index (χ4v) is 2.57. The van der Waals surface area contributed by atoms with Gasteiger partial charge in [0.25, 0.3) is 0 Å². The fraction of sp³-hybridized carbons (Fsp3) is 0.0769. The summed E-state index contributed by atoms with van der Waals surface area (Å²) in [5.74, 6) is -6.24. The third-order valence-corrected chi connectivity index (χ3v) is 3.56. The van der Waals surface area contributed by atoms with E-state index in [0.717, 1.165) is 7.11 Å². The lowest BCUT2D eigenvalue weighted by molar-refractivity contribution is 0.378. The van der Waals surface area contributed by atoms with Gasteiger partial charge in [-0.05, 0) is 0 Å². The first-order valence-corrected chi connectivity index (χ1v) is 6.34. The summed E-state index contributed by atoms with van der Waals surface area (Å²) in [4.78, 5) is -0.878. The number of benzene rings is 2. The first-order valence-electron chi connectivity index (χ1n) is 5.44. The van der Waals surface area contributed by atoms with Gasteiger partial charge in [0.05, 0.1) is 28.0 Å². The van der Waals surface area contributed by atoms with Crippen molar-refractivity contribution in [2.75, 3.05) is 7.11 Å². The number of hydrogen-bond donors (Lipinski definition) is 3. The first kappa shape index (κ1) is 15.8. The molecule has 0 unspecified atom stereocenters. The van der Waals surface area contributed by atoms with Crippen LogP contribution in [-0.4, -0.2) is 12.2 Å². The second-order valence-electron chi connectivity index (χ2n) is 4.02. The van der Waals surface area contributed by atoms with E-state index < -0.39 is 49.9 Å². The van der Waals surface area contributed by atoms with E-state index in [1.54, 1.807) is 0 Å². The van der Waals surface area contributed by atoms with Crippen LogP contribution in [0.1, 0.15) is 0 Å². The number of phenols is 1. The Hall–Kier alpha value is -1.54. The summed E-state index contributed by atoms with van der Waals surface area (Å²) in [7, 11) is 1.15. The van der Waals surface area contributed by atoms with Gasteiger partial charge in [-0.25, -0.2) is 17.6 Å². The van der Waals surface area contributed by atoms with E-state index >= 15 is 0 Å². The van der Waals surface area contributed by atoms with Crippen molar-refractivity contribution in [3.05, 3.63) is 35.4 Å². The Labute approximate surface area is 128 Å². The van der Waals surface area contributed by atoms with Crippen molar-refractivity contribution in [1.82, 2.24) is 0 Å². The molecule has 0 saturated carbocycles. The summed E-state index contributed by atoms with van der Waals surface area (Å²) >= 11 is 7.61. The van der Waals surface area contributed by atoms with Crippen molar-refractivity contribution in [3.8, 4) is 22.6 Å². The maximum absolute atomic E-state index is 14.2. The SMILES string of the molecule is COc1c(S)c(F)c(-c2c(F)cc(O)cc2F)c(F)c1S. The molecular formula is C13H8F4O2S2. The highest BCUT2D eigenvalue weighted by molar-refractivity contribution is 7.81. The molecule has 2 rings (SSSR count). The Morgan fingerprint density at radius 3 is 1.71 bits per heavy atom. The lowest BCUT2D eigenvalue weighted by Crippen LogP contribution is -2.02. The van der Waals surface area contributed by atoms with E-state index in [-0.39, 0.29) is 5.75 Å². The molecule has 2 aromatic carbocycles. The number of ether oxygens (including phenoxy) is 1. The molecule has 1 N–H and O–H groups in total. The second kappa shape index (κ2) is 5.69. The fourth-order valence-electron chi connectivity index (χ4n) is 1.86. The zero-order valence-corrected chi connectivity index (χ0v) is 12.2. The smallest absolute Gasteiger partial charge is 0.151 e. The van der Waals surface area contributed by atoms with Gasteiger partial charge < -0.3 is 9.84 Å². The molecule has 0 bridgehead atoms. The number of phenolic OH excluding ortho intramolecular Hbond substituents is 1. The molecule has 0 heterocycles. The molecule has 0 aliphatic rings. The molecule has 2 nitrogen and oxygen atoms in total. The number of thiol groups is 2. The van der Waals surface area contributed by atoms with Gasteiger partial charge >= 0.3 is 0 Å². The number of halogens is 4. The zero-order chi connectivity index (χ0) is 15.9. The van der Waals surface area contributed by atoms with Crippen LogP contribution in [0.4, 0.5) is 17.6 Å². The highest BCUT2D eigenvalue weighted by Crippen LogP contribution is 2.43. The summed E-state index contributed by atoms with van der Waals surface area (Å²) in [5, 5.41) is 9.08. The van der Waals surface area contributed by atoms with Gasteiger partial charge in [0.15, 0.2) is 17.4 Å². The molecule has 112 valence electrons. The third kappa shape index (κ3) is 2.53. The Kier molecular flexibility index (Phi) is 4.29. The van der Waals surface area contributed by atoms with Crippen LogP contribution >= 0.6 is 25.3 Å². The highest BCUT2D eigenvalue weighted by atomic mass is 32.1. The molecule has 21 heavy (non-hydrogen) atoms. The number of rotatable bonds is 2. The highest BCUT2D eigenvalue weighted by Gasteiger charge is 2.27. The van der Waals surface area contributed by atoms with Crippen molar-refractivity contribution in [3.63, 3.8) is 0 Å². The van der Waals surface area contributed by atoms with Crippen molar-refractivity contribution >= 4 is 25.3 Å². The molecule has 0 aromatic heterocycles. The summed E-state index contributed by atoms with van der Waals surface area (Å²) in [6.07, 6.45) is 0. The average molecular weight is 336 g/mol. The predicted octanol–water partition coefficient (Wildman–Crippen LogP) is 4.20. The van der Waals surface area contributed by atoms with Crippen LogP contribution in [0.5, 0.6) is 11.5 Å². The number of aromatic hydroxyl groups is 1. The topological polar surface area (TPSA) is 29.5 Å². The van der Waals surface area contributed by atoms with Gasteiger partial charge in [-0.2, -0.15) is 0 Å². The van der Waals surface area contributed by atoms with Crippen LogP contribution < -0.4 is 4.74 Å². The van der Waals surface area contributed by atoms with E-state index in [0.29, 0.717) is 12.1 Å². The minimum absolute atomic E-state index is 0.292. The molecule has 0 spiro atoms. The van der Waals surface area contributed by atoms with Crippen molar-refractivity contribution < 1.29 is 27.4 Å². The summed E-state index contributed by atoms with van der Waals surface area (Å²) < 4.78 is 60.7.